The first-order valence-corrected chi connectivity index (χ1v) is 8.49. The van der Waals surface area contributed by atoms with E-state index in [2.05, 4.69) is 11.9 Å². The Hall–Kier alpha value is -2.23. The zero-order valence-electron chi connectivity index (χ0n) is 14.3. The van der Waals surface area contributed by atoms with Gasteiger partial charge in [0.1, 0.15) is 24.2 Å². The molecule has 9 heteroatoms. The second-order valence-corrected chi connectivity index (χ2v) is 6.78. The molecule has 3 saturated heterocycles. The molecule has 3 heterocycles. The SMILES string of the molecule is CN1[C@@H]2C[C@@H](OC(=O)[C@H](CO)c3ccccc3)C[C@H]1[C@@H]1O[C@@H]12.O=[N+]([O-])O. The summed E-state index contributed by atoms with van der Waals surface area (Å²) < 4.78 is 11.4. The highest BCUT2D eigenvalue weighted by Gasteiger charge is 2.62. The molecular formula is C17H22N2O7. The fourth-order valence-corrected chi connectivity index (χ4v) is 4.04. The Labute approximate surface area is 150 Å². The second-order valence-electron chi connectivity index (χ2n) is 6.78. The number of likely N-dealkylation sites (N-methyl/N-ethyl adjacent to an activating group) is 1. The number of nitrogens with zero attached hydrogens (tertiary/aromatic N) is 2. The molecule has 3 aliphatic rings. The van der Waals surface area contributed by atoms with Crippen LogP contribution in [0.5, 0.6) is 0 Å². The van der Waals surface area contributed by atoms with E-state index in [4.69, 9.17) is 24.8 Å². The number of carbonyl (C=O) groups is 1. The van der Waals surface area contributed by atoms with Gasteiger partial charge in [0.2, 0.25) is 0 Å². The summed E-state index contributed by atoms with van der Waals surface area (Å²) in [6, 6.07) is 10.1. The van der Waals surface area contributed by atoms with Crippen LogP contribution in [-0.4, -0.2) is 70.3 Å². The largest absolute Gasteiger partial charge is 0.462 e. The average Bonchev–Trinajstić information content (AvgIpc) is 3.34. The fourth-order valence-electron chi connectivity index (χ4n) is 4.04. The van der Waals surface area contributed by atoms with Crippen molar-refractivity contribution in [2.45, 2.75) is 49.2 Å². The highest BCUT2D eigenvalue weighted by Crippen LogP contribution is 2.48. The molecule has 142 valence electrons. The first-order chi connectivity index (χ1) is 12.4. The third-order valence-electron chi connectivity index (χ3n) is 5.33. The number of esters is 1. The Kier molecular flexibility index (Phi) is 5.40. The highest BCUT2D eigenvalue weighted by molar-refractivity contribution is 5.78. The van der Waals surface area contributed by atoms with Gasteiger partial charge in [0.15, 0.2) is 0 Å². The van der Waals surface area contributed by atoms with E-state index in [9.17, 15) is 9.90 Å². The van der Waals surface area contributed by atoms with Gasteiger partial charge in [0.05, 0.1) is 6.61 Å². The minimum Gasteiger partial charge on any atom is -0.462 e. The summed E-state index contributed by atoms with van der Waals surface area (Å²) >= 11 is 0. The molecule has 4 rings (SSSR count). The van der Waals surface area contributed by atoms with E-state index in [1.54, 1.807) is 0 Å². The number of epoxide rings is 1. The zero-order valence-corrected chi connectivity index (χ0v) is 14.3. The molecule has 0 spiro atoms. The van der Waals surface area contributed by atoms with Gasteiger partial charge in [0, 0.05) is 24.9 Å². The molecule has 0 unspecified atom stereocenters. The Balaban J connectivity index is 0.000000447. The van der Waals surface area contributed by atoms with Gasteiger partial charge in [-0.25, -0.2) is 0 Å². The first-order valence-electron chi connectivity index (χ1n) is 8.49. The third kappa shape index (κ3) is 3.79. The van der Waals surface area contributed by atoms with E-state index in [0.717, 1.165) is 18.4 Å². The van der Waals surface area contributed by atoms with Crippen molar-refractivity contribution in [2.24, 2.45) is 0 Å². The minimum atomic E-state index is -1.50. The van der Waals surface area contributed by atoms with Crippen LogP contribution in [0.3, 0.4) is 0 Å². The van der Waals surface area contributed by atoms with Crippen molar-refractivity contribution in [3.05, 3.63) is 46.0 Å². The molecule has 0 radical (unpaired) electrons. The average molecular weight is 366 g/mol. The highest BCUT2D eigenvalue weighted by atomic mass is 16.9. The molecule has 2 bridgehead atoms. The molecule has 1 aromatic rings. The lowest BCUT2D eigenvalue weighted by atomic mass is 9.97. The monoisotopic (exact) mass is 366 g/mol. The van der Waals surface area contributed by atoms with Gasteiger partial charge < -0.3 is 19.8 Å². The van der Waals surface area contributed by atoms with Crippen molar-refractivity contribution in [1.29, 1.82) is 0 Å². The smallest absolute Gasteiger partial charge is 0.316 e. The van der Waals surface area contributed by atoms with Crippen LogP contribution < -0.4 is 0 Å². The molecule has 2 N–H and O–H groups in total. The molecule has 26 heavy (non-hydrogen) atoms. The number of morpholine rings is 1. The van der Waals surface area contributed by atoms with Crippen LogP contribution in [0.2, 0.25) is 0 Å². The maximum atomic E-state index is 12.4. The number of rotatable bonds is 4. The maximum absolute atomic E-state index is 12.4. The topological polar surface area (TPSA) is 126 Å². The number of ether oxygens (including phenoxy) is 2. The van der Waals surface area contributed by atoms with Gasteiger partial charge >= 0.3 is 5.97 Å². The van der Waals surface area contributed by atoms with Crippen LogP contribution in [-0.2, 0) is 14.3 Å². The van der Waals surface area contributed by atoms with E-state index >= 15 is 0 Å². The lowest BCUT2D eigenvalue weighted by molar-refractivity contribution is -0.742. The molecule has 0 aromatic heterocycles. The summed E-state index contributed by atoms with van der Waals surface area (Å²) in [7, 11) is 2.13. The maximum Gasteiger partial charge on any atom is 0.316 e. The number of piperidine rings is 1. The third-order valence-corrected chi connectivity index (χ3v) is 5.33. The number of aliphatic hydroxyl groups excluding tert-OH is 1. The van der Waals surface area contributed by atoms with Crippen molar-refractivity contribution in [2.75, 3.05) is 13.7 Å². The van der Waals surface area contributed by atoms with Crippen LogP contribution in [0.1, 0.15) is 24.3 Å². The standard InChI is InChI=1S/C17H21NO4.HNO3/c1-18-13-7-11(8-14(18)16-15(13)22-16)21-17(20)12(9-19)10-5-3-2-4-6-10;2-1(3)4/h2-6,11-16,19H,7-9H2,1H3;(H,2,3,4)/t11-,12-,13-,14+,15-,16+;/m1./s1. The van der Waals surface area contributed by atoms with Gasteiger partial charge in [-0.2, -0.15) is 0 Å². The predicted octanol–water partition coefficient (Wildman–Crippen LogP) is 0.570. The van der Waals surface area contributed by atoms with Crippen LogP contribution in [0.25, 0.3) is 0 Å². The van der Waals surface area contributed by atoms with Gasteiger partial charge in [-0.15, -0.1) is 10.1 Å². The number of carbonyl (C=O) groups excluding carboxylic acids is 1. The molecular weight excluding hydrogens is 344 g/mol. The minimum absolute atomic E-state index is 0.0622. The number of benzene rings is 1. The summed E-state index contributed by atoms with van der Waals surface area (Å²) in [4.78, 5) is 23.1. The summed E-state index contributed by atoms with van der Waals surface area (Å²) in [5.41, 5.74) is 0.803. The summed E-state index contributed by atoms with van der Waals surface area (Å²) in [5.74, 6) is -0.915. The molecule has 0 saturated carbocycles. The molecule has 6 atom stereocenters. The fraction of sp³-hybridized carbons (Fsp3) is 0.588. The zero-order chi connectivity index (χ0) is 18.8. The lowest BCUT2D eigenvalue weighted by Crippen LogP contribution is -2.48. The van der Waals surface area contributed by atoms with Crippen LogP contribution in [0.4, 0.5) is 0 Å². The molecule has 0 amide bonds. The van der Waals surface area contributed by atoms with E-state index in [1.807, 2.05) is 30.3 Å². The van der Waals surface area contributed by atoms with Crippen molar-refractivity contribution in [1.82, 2.24) is 4.90 Å². The second kappa shape index (κ2) is 7.56. The molecule has 0 aliphatic carbocycles. The molecule has 9 nitrogen and oxygen atoms in total. The van der Waals surface area contributed by atoms with Gasteiger partial charge in [-0.3, -0.25) is 9.69 Å². The Morgan fingerprint density at radius 2 is 1.88 bits per heavy atom. The van der Waals surface area contributed by atoms with Gasteiger partial charge in [-0.05, 0) is 12.6 Å². The van der Waals surface area contributed by atoms with E-state index in [0.29, 0.717) is 24.3 Å². The number of hydrogen-bond acceptors (Lipinski definition) is 7. The lowest BCUT2D eigenvalue weighted by Gasteiger charge is -2.38. The normalized spacial score (nSPS) is 32.6. The number of fused-ring (bicyclic) bond motifs is 5. The van der Waals surface area contributed by atoms with Crippen LogP contribution in [0.15, 0.2) is 30.3 Å². The van der Waals surface area contributed by atoms with Crippen molar-refractivity contribution in [3.63, 3.8) is 0 Å². The van der Waals surface area contributed by atoms with E-state index in [1.165, 1.54) is 0 Å². The van der Waals surface area contributed by atoms with Crippen molar-refractivity contribution < 1.29 is 29.7 Å². The summed E-state index contributed by atoms with van der Waals surface area (Å²) in [6.45, 7) is -0.226. The van der Waals surface area contributed by atoms with Crippen LogP contribution in [0, 0.1) is 10.1 Å². The predicted molar refractivity (Wildman–Crippen MR) is 88.2 cm³/mol. The van der Waals surface area contributed by atoms with Gasteiger partial charge in [0.25, 0.3) is 5.09 Å². The van der Waals surface area contributed by atoms with Crippen LogP contribution >= 0.6 is 0 Å². The summed E-state index contributed by atoms with van der Waals surface area (Å²) in [6.07, 6.45) is 2.26. The Morgan fingerprint density at radius 1 is 1.35 bits per heavy atom. The van der Waals surface area contributed by atoms with Gasteiger partial charge in [-0.1, -0.05) is 30.3 Å². The summed E-state index contributed by atoms with van der Waals surface area (Å²) in [5, 5.41) is 23.2. The first kappa shape index (κ1) is 18.6. The van der Waals surface area contributed by atoms with Crippen molar-refractivity contribution >= 4 is 5.97 Å². The number of hydrogen-bond donors (Lipinski definition) is 2. The molecule has 3 aliphatic heterocycles. The Bertz CT molecular complexity index is 634. The Morgan fingerprint density at radius 3 is 2.38 bits per heavy atom. The van der Waals surface area contributed by atoms with E-state index in [-0.39, 0.29) is 18.7 Å². The molecule has 3 fully saturated rings. The van der Waals surface area contributed by atoms with E-state index < -0.39 is 11.0 Å². The van der Waals surface area contributed by atoms with Crippen molar-refractivity contribution in [3.8, 4) is 0 Å². The quantitative estimate of drug-likeness (QED) is 0.343. The number of aliphatic hydroxyl groups is 1. The molecule has 1 aromatic carbocycles.